The van der Waals surface area contributed by atoms with Gasteiger partial charge in [0.05, 0.1) is 10.7 Å². The van der Waals surface area contributed by atoms with Gasteiger partial charge in [-0.3, -0.25) is 4.90 Å². The smallest absolute Gasteiger partial charge is 0.140 e. The lowest BCUT2D eigenvalue weighted by Crippen LogP contribution is -2.31. The van der Waals surface area contributed by atoms with Crippen molar-refractivity contribution >= 4 is 17.4 Å². The fourth-order valence-corrected chi connectivity index (χ4v) is 2.90. The van der Waals surface area contributed by atoms with Crippen LogP contribution >= 0.6 is 11.6 Å². The SMILES string of the molecule is CN(Cc1nc(NN)ccc1Cl)C1CCCCCC1. The van der Waals surface area contributed by atoms with Crippen molar-refractivity contribution in [2.45, 2.75) is 51.1 Å². The minimum atomic E-state index is 0.648. The number of nitrogen functional groups attached to an aromatic ring is 1. The number of rotatable bonds is 4. The highest BCUT2D eigenvalue weighted by Crippen LogP contribution is 2.24. The van der Waals surface area contributed by atoms with Gasteiger partial charge in [0, 0.05) is 12.6 Å². The molecule has 5 heteroatoms. The van der Waals surface area contributed by atoms with Crippen molar-refractivity contribution < 1.29 is 0 Å². The topological polar surface area (TPSA) is 54.2 Å². The van der Waals surface area contributed by atoms with Crippen LogP contribution in [0.15, 0.2) is 12.1 Å². The van der Waals surface area contributed by atoms with E-state index in [4.69, 9.17) is 17.4 Å². The molecule has 4 nitrogen and oxygen atoms in total. The average Bonchev–Trinajstić information content (AvgIpc) is 2.70. The fourth-order valence-electron chi connectivity index (χ4n) is 2.74. The molecule has 3 N–H and O–H groups in total. The van der Waals surface area contributed by atoms with Gasteiger partial charge in [-0.15, -0.1) is 0 Å². The molecule has 1 aliphatic carbocycles. The third-order valence-corrected chi connectivity index (χ3v) is 4.26. The van der Waals surface area contributed by atoms with Gasteiger partial charge in [0.25, 0.3) is 0 Å². The van der Waals surface area contributed by atoms with Gasteiger partial charge in [0.2, 0.25) is 0 Å². The molecule has 1 saturated carbocycles. The summed E-state index contributed by atoms with van der Waals surface area (Å²) in [5.74, 6) is 6.05. The van der Waals surface area contributed by atoms with Crippen LogP contribution in [0.1, 0.15) is 44.2 Å². The Kier molecular flexibility index (Phi) is 5.43. The van der Waals surface area contributed by atoms with E-state index in [1.807, 2.05) is 6.07 Å². The Bertz CT molecular complexity index is 402. The third-order valence-electron chi connectivity index (χ3n) is 3.91. The predicted molar refractivity (Wildman–Crippen MR) is 80.0 cm³/mol. The lowest BCUT2D eigenvalue weighted by atomic mass is 10.1. The molecule has 0 saturated heterocycles. The minimum absolute atomic E-state index is 0.648. The van der Waals surface area contributed by atoms with Crippen molar-refractivity contribution in [1.82, 2.24) is 9.88 Å². The van der Waals surface area contributed by atoms with E-state index in [0.29, 0.717) is 16.9 Å². The van der Waals surface area contributed by atoms with Crippen LogP contribution in [0.25, 0.3) is 0 Å². The number of hydrazine groups is 1. The molecule has 0 atom stereocenters. The van der Waals surface area contributed by atoms with E-state index < -0.39 is 0 Å². The van der Waals surface area contributed by atoms with Crippen molar-refractivity contribution in [3.63, 3.8) is 0 Å². The van der Waals surface area contributed by atoms with Crippen LogP contribution < -0.4 is 11.3 Å². The second-order valence-corrected chi connectivity index (χ2v) is 5.74. The number of hydrogen-bond donors (Lipinski definition) is 2. The molecule has 19 heavy (non-hydrogen) atoms. The largest absolute Gasteiger partial charge is 0.308 e. The summed E-state index contributed by atoms with van der Waals surface area (Å²) in [4.78, 5) is 6.81. The molecule has 106 valence electrons. The summed E-state index contributed by atoms with van der Waals surface area (Å²) >= 11 is 6.21. The molecule has 0 bridgehead atoms. The molecule has 1 heterocycles. The molecule has 0 aromatic carbocycles. The third kappa shape index (κ3) is 4.06. The summed E-state index contributed by atoms with van der Waals surface area (Å²) in [6, 6.07) is 4.28. The van der Waals surface area contributed by atoms with Crippen LogP contribution in [0.5, 0.6) is 0 Å². The number of aromatic nitrogens is 1. The van der Waals surface area contributed by atoms with E-state index in [-0.39, 0.29) is 0 Å². The summed E-state index contributed by atoms with van der Waals surface area (Å²) in [5, 5.41) is 0.708. The van der Waals surface area contributed by atoms with Crippen LogP contribution in [0.2, 0.25) is 5.02 Å². The number of hydrogen-bond acceptors (Lipinski definition) is 4. The highest BCUT2D eigenvalue weighted by molar-refractivity contribution is 6.31. The molecule has 1 aliphatic rings. The number of halogens is 1. The number of pyridine rings is 1. The van der Waals surface area contributed by atoms with Gasteiger partial charge in [0.1, 0.15) is 5.82 Å². The van der Waals surface area contributed by atoms with Gasteiger partial charge in [0.15, 0.2) is 0 Å². The van der Waals surface area contributed by atoms with Crippen LogP contribution in [0.3, 0.4) is 0 Å². The zero-order valence-corrected chi connectivity index (χ0v) is 12.3. The first-order chi connectivity index (χ1) is 9.20. The van der Waals surface area contributed by atoms with Gasteiger partial charge in [-0.05, 0) is 32.0 Å². The summed E-state index contributed by atoms with van der Waals surface area (Å²) in [5.41, 5.74) is 3.46. The average molecular weight is 283 g/mol. The Hall–Kier alpha value is -0.840. The zero-order chi connectivity index (χ0) is 13.7. The van der Waals surface area contributed by atoms with Crippen LogP contribution in [0, 0.1) is 0 Å². The molecular formula is C14H23ClN4. The maximum atomic E-state index is 6.21. The summed E-state index contributed by atoms with van der Waals surface area (Å²) < 4.78 is 0. The van der Waals surface area contributed by atoms with Crippen LogP contribution in [0.4, 0.5) is 5.82 Å². The lowest BCUT2D eigenvalue weighted by Gasteiger charge is -2.27. The predicted octanol–water partition coefficient (Wildman–Crippen LogP) is 3.18. The van der Waals surface area contributed by atoms with Crippen LogP contribution in [-0.4, -0.2) is 23.0 Å². The quantitative estimate of drug-likeness (QED) is 0.506. The van der Waals surface area contributed by atoms with Gasteiger partial charge >= 0.3 is 0 Å². The summed E-state index contributed by atoms with van der Waals surface area (Å²) in [7, 11) is 2.16. The molecule has 0 aliphatic heterocycles. The number of anilines is 1. The zero-order valence-electron chi connectivity index (χ0n) is 11.5. The van der Waals surface area contributed by atoms with Crippen molar-refractivity contribution in [2.75, 3.05) is 12.5 Å². The van der Waals surface area contributed by atoms with E-state index in [1.165, 1.54) is 38.5 Å². The first-order valence-corrected chi connectivity index (χ1v) is 7.41. The Morgan fingerprint density at radius 1 is 1.32 bits per heavy atom. The Morgan fingerprint density at radius 2 is 2.00 bits per heavy atom. The fraction of sp³-hybridized carbons (Fsp3) is 0.643. The molecular weight excluding hydrogens is 260 g/mol. The molecule has 0 radical (unpaired) electrons. The molecule has 1 fully saturated rings. The maximum Gasteiger partial charge on any atom is 0.140 e. The Morgan fingerprint density at radius 3 is 2.63 bits per heavy atom. The van der Waals surface area contributed by atoms with Crippen molar-refractivity contribution in [2.24, 2.45) is 5.84 Å². The normalized spacial score (nSPS) is 17.5. The monoisotopic (exact) mass is 282 g/mol. The maximum absolute atomic E-state index is 6.21. The molecule has 2 rings (SSSR count). The number of nitrogens with one attached hydrogen (secondary N) is 1. The molecule has 0 spiro atoms. The summed E-state index contributed by atoms with van der Waals surface area (Å²) in [6.07, 6.45) is 7.97. The van der Waals surface area contributed by atoms with Crippen molar-refractivity contribution in [3.05, 3.63) is 22.8 Å². The number of nitrogens with zero attached hydrogens (tertiary/aromatic N) is 2. The lowest BCUT2D eigenvalue weighted by molar-refractivity contribution is 0.211. The van der Waals surface area contributed by atoms with Crippen LogP contribution in [-0.2, 0) is 6.54 Å². The van der Waals surface area contributed by atoms with Crippen molar-refractivity contribution in [3.8, 4) is 0 Å². The Labute approximate surface area is 120 Å². The van der Waals surface area contributed by atoms with Crippen molar-refractivity contribution in [1.29, 1.82) is 0 Å². The Balaban J connectivity index is 2.02. The highest BCUT2D eigenvalue weighted by Gasteiger charge is 2.18. The van der Waals surface area contributed by atoms with E-state index in [0.717, 1.165) is 12.2 Å². The first-order valence-electron chi connectivity index (χ1n) is 7.03. The standard InChI is InChI=1S/C14H23ClN4/c1-19(11-6-4-2-3-5-7-11)10-13-12(15)8-9-14(17-13)18-16/h8-9,11H,2-7,10,16H2,1H3,(H,17,18). The van der Waals surface area contributed by atoms with Gasteiger partial charge in [-0.1, -0.05) is 37.3 Å². The summed E-state index contributed by atoms with van der Waals surface area (Å²) in [6.45, 7) is 0.777. The molecule has 1 aromatic rings. The van der Waals surface area contributed by atoms with Gasteiger partial charge in [-0.2, -0.15) is 0 Å². The highest BCUT2D eigenvalue weighted by atomic mass is 35.5. The number of nitrogens with two attached hydrogens (primary N) is 1. The van der Waals surface area contributed by atoms with E-state index in [2.05, 4.69) is 22.4 Å². The molecule has 0 amide bonds. The molecule has 1 aromatic heterocycles. The minimum Gasteiger partial charge on any atom is -0.308 e. The van der Waals surface area contributed by atoms with E-state index in [1.54, 1.807) is 6.07 Å². The van der Waals surface area contributed by atoms with Gasteiger partial charge < -0.3 is 5.43 Å². The first kappa shape index (κ1) is 14.6. The second-order valence-electron chi connectivity index (χ2n) is 5.33. The van der Waals surface area contributed by atoms with E-state index >= 15 is 0 Å². The van der Waals surface area contributed by atoms with E-state index in [9.17, 15) is 0 Å². The molecule has 0 unspecified atom stereocenters. The second kappa shape index (κ2) is 7.08. The van der Waals surface area contributed by atoms with Gasteiger partial charge in [-0.25, -0.2) is 10.8 Å².